The summed E-state index contributed by atoms with van der Waals surface area (Å²) in [7, 11) is 0. The molecule has 1 atom stereocenters. The summed E-state index contributed by atoms with van der Waals surface area (Å²) in [5.41, 5.74) is 2.29. The van der Waals surface area contributed by atoms with Crippen LogP contribution in [0.5, 0.6) is 0 Å². The highest BCUT2D eigenvalue weighted by Gasteiger charge is 2.15. The van der Waals surface area contributed by atoms with E-state index in [0.717, 1.165) is 5.56 Å². The molecule has 6 nitrogen and oxygen atoms in total. The Morgan fingerprint density at radius 3 is 2.46 bits per heavy atom. The van der Waals surface area contributed by atoms with Crippen molar-refractivity contribution in [3.63, 3.8) is 0 Å². The second kappa shape index (κ2) is 9.19. The highest BCUT2D eigenvalue weighted by Crippen LogP contribution is 2.18. The van der Waals surface area contributed by atoms with Crippen LogP contribution < -0.4 is 10.6 Å². The highest BCUT2D eigenvalue weighted by molar-refractivity contribution is 6.30. The lowest BCUT2D eigenvalue weighted by Gasteiger charge is -2.13. The van der Waals surface area contributed by atoms with Crippen molar-refractivity contribution >= 4 is 34.8 Å². The molecule has 0 spiro atoms. The number of carbonyl (C=O) groups excluding carboxylic acids is 2. The molecule has 1 heterocycles. The van der Waals surface area contributed by atoms with Gasteiger partial charge in [-0.2, -0.15) is 5.10 Å². The third kappa shape index (κ3) is 5.44. The number of hydrogen-bond donors (Lipinski definition) is 2. The molecular weight excluding hydrogens is 376 g/mol. The molecule has 0 aliphatic carbocycles. The molecule has 28 heavy (non-hydrogen) atoms. The van der Waals surface area contributed by atoms with Crippen molar-refractivity contribution in [2.24, 2.45) is 0 Å². The average Bonchev–Trinajstić information content (AvgIpc) is 3.22. The summed E-state index contributed by atoms with van der Waals surface area (Å²) in [6.07, 6.45) is 4.35. The number of nitrogens with zero attached hydrogens (tertiary/aromatic N) is 2. The Balaban J connectivity index is 1.54. The molecule has 0 aliphatic heterocycles. The smallest absolute Gasteiger partial charge is 0.248 e. The summed E-state index contributed by atoms with van der Waals surface area (Å²) in [6, 6.07) is 15.8. The van der Waals surface area contributed by atoms with Gasteiger partial charge in [-0.25, -0.2) is 0 Å². The summed E-state index contributed by atoms with van der Waals surface area (Å²) in [5.74, 6) is -0.279. The largest absolute Gasteiger partial charge is 0.326 e. The molecule has 1 aromatic heterocycles. The van der Waals surface area contributed by atoms with Crippen LogP contribution in [-0.2, 0) is 16.0 Å². The molecule has 1 unspecified atom stereocenters. The number of aromatic nitrogens is 2. The van der Waals surface area contributed by atoms with E-state index in [1.54, 1.807) is 54.3 Å². The van der Waals surface area contributed by atoms with Crippen molar-refractivity contribution in [3.05, 3.63) is 77.6 Å². The first-order valence-corrected chi connectivity index (χ1v) is 9.33. The number of rotatable bonds is 7. The maximum atomic E-state index is 12.4. The number of nitrogens with one attached hydrogen (secondary N) is 2. The second-order valence-electron chi connectivity index (χ2n) is 6.41. The Morgan fingerprint density at radius 2 is 1.79 bits per heavy atom. The van der Waals surface area contributed by atoms with Crippen LogP contribution in [0.1, 0.15) is 24.9 Å². The molecule has 0 radical (unpaired) electrons. The minimum Gasteiger partial charge on any atom is -0.326 e. The van der Waals surface area contributed by atoms with Crippen molar-refractivity contribution in [1.82, 2.24) is 9.78 Å². The van der Waals surface area contributed by atoms with Crippen LogP contribution in [0.25, 0.3) is 0 Å². The van der Waals surface area contributed by atoms with E-state index in [2.05, 4.69) is 15.7 Å². The van der Waals surface area contributed by atoms with E-state index in [0.29, 0.717) is 29.2 Å². The maximum Gasteiger partial charge on any atom is 0.248 e. The summed E-state index contributed by atoms with van der Waals surface area (Å²) in [4.78, 5) is 24.6. The van der Waals surface area contributed by atoms with Gasteiger partial charge in [-0.15, -0.1) is 0 Å². The van der Waals surface area contributed by atoms with Crippen LogP contribution in [-0.4, -0.2) is 21.6 Å². The van der Waals surface area contributed by atoms with E-state index >= 15 is 0 Å². The minimum atomic E-state index is -0.437. The molecular formula is C21H21ClN4O2. The Bertz CT molecular complexity index is 939. The first-order valence-electron chi connectivity index (χ1n) is 8.95. The lowest BCUT2D eigenvalue weighted by molar-refractivity contribution is -0.119. The number of anilines is 2. The standard InChI is InChI=1S/C21H21ClN4O2/c1-15(26-13-3-12-23-26)21(28)25-19-5-2-4-18(14-19)24-20(27)11-8-16-6-9-17(22)10-7-16/h2-7,9-10,12-15H,8,11H2,1H3,(H,24,27)(H,25,28). The molecule has 2 N–H and O–H groups in total. The predicted molar refractivity (Wildman–Crippen MR) is 110 cm³/mol. The van der Waals surface area contributed by atoms with E-state index < -0.39 is 6.04 Å². The monoisotopic (exact) mass is 396 g/mol. The Hall–Kier alpha value is -3.12. The Labute approximate surface area is 168 Å². The SMILES string of the molecule is CC(C(=O)Nc1cccc(NC(=O)CCc2ccc(Cl)cc2)c1)n1cccn1. The first kappa shape index (κ1) is 19.6. The van der Waals surface area contributed by atoms with Crippen LogP contribution in [0, 0.1) is 0 Å². The minimum absolute atomic E-state index is 0.0941. The summed E-state index contributed by atoms with van der Waals surface area (Å²) in [6.45, 7) is 1.77. The van der Waals surface area contributed by atoms with Crippen LogP contribution in [0.4, 0.5) is 11.4 Å². The number of hydrogen-bond acceptors (Lipinski definition) is 3. The third-order valence-electron chi connectivity index (χ3n) is 4.27. The van der Waals surface area contributed by atoms with Crippen molar-refractivity contribution in [2.45, 2.75) is 25.8 Å². The molecule has 0 saturated carbocycles. The fourth-order valence-corrected chi connectivity index (χ4v) is 2.81. The summed E-state index contributed by atoms with van der Waals surface area (Å²) < 4.78 is 1.58. The fraction of sp³-hybridized carbons (Fsp3) is 0.190. The molecule has 0 bridgehead atoms. The van der Waals surface area contributed by atoms with Gasteiger partial charge in [0.25, 0.3) is 0 Å². The van der Waals surface area contributed by atoms with E-state index in [1.807, 2.05) is 24.3 Å². The predicted octanol–water partition coefficient (Wildman–Crippen LogP) is 4.31. The molecule has 0 saturated heterocycles. The van der Waals surface area contributed by atoms with Crippen molar-refractivity contribution in [1.29, 1.82) is 0 Å². The van der Waals surface area contributed by atoms with Gasteiger partial charge in [-0.05, 0) is 55.3 Å². The van der Waals surface area contributed by atoms with Gasteiger partial charge < -0.3 is 10.6 Å². The van der Waals surface area contributed by atoms with Crippen molar-refractivity contribution < 1.29 is 9.59 Å². The lowest BCUT2D eigenvalue weighted by Crippen LogP contribution is -2.24. The van der Waals surface area contributed by atoms with Gasteiger partial charge in [0.2, 0.25) is 11.8 Å². The number of halogens is 1. The van der Waals surface area contributed by atoms with Gasteiger partial charge in [0, 0.05) is 35.2 Å². The number of aryl methyl sites for hydroxylation is 1. The fourth-order valence-electron chi connectivity index (χ4n) is 2.68. The van der Waals surface area contributed by atoms with E-state index in [-0.39, 0.29) is 11.8 Å². The molecule has 3 rings (SSSR count). The Morgan fingerprint density at radius 1 is 1.07 bits per heavy atom. The van der Waals surface area contributed by atoms with E-state index in [4.69, 9.17) is 11.6 Å². The van der Waals surface area contributed by atoms with E-state index in [1.165, 1.54) is 0 Å². The zero-order valence-corrected chi connectivity index (χ0v) is 16.2. The molecule has 0 fully saturated rings. The molecule has 144 valence electrons. The molecule has 0 aliphatic rings. The van der Waals surface area contributed by atoms with Crippen LogP contribution in [0.3, 0.4) is 0 Å². The van der Waals surface area contributed by atoms with Crippen molar-refractivity contribution in [2.75, 3.05) is 10.6 Å². The molecule has 3 aromatic rings. The summed E-state index contributed by atoms with van der Waals surface area (Å²) >= 11 is 5.87. The first-order chi connectivity index (χ1) is 13.5. The summed E-state index contributed by atoms with van der Waals surface area (Å²) in [5, 5.41) is 10.5. The van der Waals surface area contributed by atoms with Gasteiger partial charge >= 0.3 is 0 Å². The number of benzene rings is 2. The Kier molecular flexibility index (Phi) is 6.45. The lowest BCUT2D eigenvalue weighted by atomic mass is 10.1. The van der Waals surface area contributed by atoms with Crippen LogP contribution >= 0.6 is 11.6 Å². The van der Waals surface area contributed by atoms with Gasteiger partial charge in [0.15, 0.2) is 0 Å². The molecule has 2 aromatic carbocycles. The highest BCUT2D eigenvalue weighted by atomic mass is 35.5. The van der Waals surface area contributed by atoms with Gasteiger partial charge in [-0.3, -0.25) is 14.3 Å². The van der Waals surface area contributed by atoms with Gasteiger partial charge in [0.1, 0.15) is 6.04 Å². The third-order valence-corrected chi connectivity index (χ3v) is 4.52. The quantitative estimate of drug-likeness (QED) is 0.624. The molecule has 7 heteroatoms. The normalized spacial score (nSPS) is 11.6. The number of carbonyl (C=O) groups is 2. The zero-order valence-electron chi connectivity index (χ0n) is 15.4. The van der Waals surface area contributed by atoms with E-state index in [9.17, 15) is 9.59 Å². The zero-order chi connectivity index (χ0) is 19.9. The average molecular weight is 397 g/mol. The molecule has 2 amide bonds. The second-order valence-corrected chi connectivity index (χ2v) is 6.84. The van der Waals surface area contributed by atoms with Crippen molar-refractivity contribution in [3.8, 4) is 0 Å². The van der Waals surface area contributed by atoms with Gasteiger partial charge in [-0.1, -0.05) is 29.8 Å². The topological polar surface area (TPSA) is 76.0 Å². The number of amides is 2. The van der Waals surface area contributed by atoms with Gasteiger partial charge in [0.05, 0.1) is 0 Å². The van der Waals surface area contributed by atoms with Crippen LogP contribution in [0.2, 0.25) is 5.02 Å². The van der Waals surface area contributed by atoms with Crippen LogP contribution in [0.15, 0.2) is 67.0 Å². The maximum absolute atomic E-state index is 12.4.